The van der Waals surface area contributed by atoms with Gasteiger partial charge < -0.3 is 11.1 Å². The highest BCUT2D eigenvalue weighted by Gasteiger charge is 2.04. The molecule has 3 N–H and O–H groups in total. The molecule has 1 rings (SSSR count). The topological polar surface area (TPSA) is 55.1 Å². The van der Waals surface area contributed by atoms with Crippen LogP contribution in [0.5, 0.6) is 0 Å². The number of anilines is 2. The molecule has 0 aliphatic rings. The first-order valence-electron chi connectivity index (χ1n) is 6.87. The van der Waals surface area contributed by atoms with Crippen LogP contribution in [0.2, 0.25) is 0 Å². The Hall–Kier alpha value is -1.16. The summed E-state index contributed by atoms with van der Waals surface area (Å²) in [6.07, 6.45) is 4.03. The maximum Gasteiger partial charge on any atom is 0.224 e. The first-order valence-corrected chi connectivity index (χ1v) is 8.02. The number of carbonyl (C=O) groups is 1. The quantitative estimate of drug-likeness (QED) is 0.562. The van der Waals surface area contributed by atoms with Crippen LogP contribution in [0.3, 0.4) is 0 Å². The summed E-state index contributed by atoms with van der Waals surface area (Å²) in [4.78, 5) is 11.8. The second kappa shape index (κ2) is 8.86. The third-order valence-electron chi connectivity index (χ3n) is 2.86. The lowest BCUT2D eigenvalue weighted by Gasteiger charge is -2.09. The minimum Gasteiger partial charge on any atom is -0.399 e. The Morgan fingerprint density at radius 2 is 2.05 bits per heavy atom. The number of hydrogen-bond donors (Lipinski definition) is 2. The number of benzene rings is 1. The van der Waals surface area contributed by atoms with Crippen LogP contribution in [0.15, 0.2) is 18.2 Å². The Balaban J connectivity index is 2.23. The van der Waals surface area contributed by atoms with Crippen molar-refractivity contribution >= 4 is 29.0 Å². The summed E-state index contributed by atoms with van der Waals surface area (Å²) in [5.74, 6) is 2.35. The summed E-state index contributed by atoms with van der Waals surface area (Å²) in [6, 6.07) is 5.54. The molecule has 1 aromatic rings. The van der Waals surface area contributed by atoms with Crippen LogP contribution in [-0.4, -0.2) is 17.4 Å². The number of thioether (sulfide) groups is 1. The number of amides is 1. The Morgan fingerprint density at radius 1 is 1.32 bits per heavy atom. The van der Waals surface area contributed by atoms with E-state index < -0.39 is 0 Å². The SMILES string of the molecule is CCCCSCCCC(=O)Nc1ccc(N)cc1C. The maximum absolute atomic E-state index is 11.8. The van der Waals surface area contributed by atoms with Crippen molar-refractivity contribution in [1.82, 2.24) is 0 Å². The van der Waals surface area contributed by atoms with Crippen molar-refractivity contribution in [1.29, 1.82) is 0 Å². The molecule has 0 saturated carbocycles. The van der Waals surface area contributed by atoms with Crippen LogP contribution < -0.4 is 11.1 Å². The van der Waals surface area contributed by atoms with E-state index in [9.17, 15) is 4.79 Å². The predicted molar refractivity (Wildman–Crippen MR) is 85.7 cm³/mol. The van der Waals surface area contributed by atoms with Gasteiger partial charge in [-0.3, -0.25) is 4.79 Å². The zero-order valence-electron chi connectivity index (χ0n) is 11.9. The summed E-state index contributed by atoms with van der Waals surface area (Å²) in [5.41, 5.74) is 8.27. The van der Waals surface area contributed by atoms with Crippen molar-refractivity contribution in [2.24, 2.45) is 0 Å². The normalized spacial score (nSPS) is 10.4. The lowest BCUT2D eigenvalue weighted by molar-refractivity contribution is -0.116. The van der Waals surface area contributed by atoms with Gasteiger partial charge in [0, 0.05) is 17.8 Å². The van der Waals surface area contributed by atoms with Crippen LogP contribution in [0.25, 0.3) is 0 Å². The molecule has 0 atom stereocenters. The van der Waals surface area contributed by atoms with Crippen molar-refractivity contribution in [3.05, 3.63) is 23.8 Å². The fraction of sp³-hybridized carbons (Fsp3) is 0.533. The van der Waals surface area contributed by atoms with Crippen LogP contribution in [0, 0.1) is 6.92 Å². The molecule has 0 aliphatic heterocycles. The minimum absolute atomic E-state index is 0.0870. The van der Waals surface area contributed by atoms with Gasteiger partial charge in [0.1, 0.15) is 0 Å². The van der Waals surface area contributed by atoms with Crippen molar-refractivity contribution < 1.29 is 4.79 Å². The first-order chi connectivity index (χ1) is 9.13. The van der Waals surface area contributed by atoms with Gasteiger partial charge in [-0.15, -0.1) is 0 Å². The number of aryl methyl sites for hydroxylation is 1. The summed E-state index contributed by atoms with van der Waals surface area (Å²) >= 11 is 1.93. The molecule has 0 bridgehead atoms. The summed E-state index contributed by atoms with van der Waals surface area (Å²) in [7, 11) is 0. The first kappa shape index (κ1) is 15.9. The molecular weight excluding hydrogens is 256 g/mol. The largest absolute Gasteiger partial charge is 0.399 e. The fourth-order valence-corrected chi connectivity index (χ4v) is 2.77. The van der Waals surface area contributed by atoms with Gasteiger partial charge in [-0.25, -0.2) is 0 Å². The van der Waals surface area contributed by atoms with Crippen molar-refractivity contribution in [2.75, 3.05) is 22.6 Å². The predicted octanol–water partition coefficient (Wildman–Crippen LogP) is 3.83. The molecule has 0 aromatic heterocycles. The maximum atomic E-state index is 11.8. The molecule has 0 fully saturated rings. The van der Waals surface area contributed by atoms with Crippen molar-refractivity contribution in [2.45, 2.75) is 39.5 Å². The standard InChI is InChI=1S/C15H24N2OS/c1-3-4-9-19-10-5-6-15(18)17-14-8-7-13(16)11-12(14)2/h7-8,11H,3-6,9-10,16H2,1-2H3,(H,17,18). The molecular formula is C15H24N2OS. The van der Waals surface area contributed by atoms with Gasteiger partial charge in [0.15, 0.2) is 0 Å². The van der Waals surface area contributed by atoms with E-state index in [1.807, 2.05) is 36.9 Å². The van der Waals surface area contributed by atoms with Crippen LogP contribution in [0.1, 0.15) is 38.2 Å². The van der Waals surface area contributed by atoms with Crippen molar-refractivity contribution in [3.8, 4) is 0 Å². The van der Waals surface area contributed by atoms with E-state index in [0.29, 0.717) is 6.42 Å². The number of nitrogen functional groups attached to an aromatic ring is 1. The lowest BCUT2D eigenvalue weighted by atomic mass is 10.1. The molecule has 4 heteroatoms. The molecule has 0 heterocycles. The summed E-state index contributed by atoms with van der Waals surface area (Å²) in [5, 5.41) is 2.94. The van der Waals surface area contributed by atoms with E-state index in [1.165, 1.54) is 18.6 Å². The molecule has 0 saturated heterocycles. The smallest absolute Gasteiger partial charge is 0.224 e. The number of rotatable bonds is 8. The number of nitrogens with one attached hydrogen (secondary N) is 1. The summed E-state index contributed by atoms with van der Waals surface area (Å²) in [6.45, 7) is 4.15. The van der Waals surface area contributed by atoms with Crippen LogP contribution in [-0.2, 0) is 4.79 Å². The monoisotopic (exact) mass is 280 g/mol. The van der Waals surface area contributed by atoms with E-state index in [-0.39, 0.29) is 5.91 Å². The highest BCUT2D eigenvalue weighted by molar-refractivity contribution is 7.99. The Morgan fingerprint density at radius 3 is 2.74 bits per heavy atom. The number of hydrogen-bond acceptors (Lipinski definition) is 3. The van der Waals surface area contributed by atoms with E-state index in [0.717, 1.165) is 29.1 Å². The molecule has 0 radical (unpaired) electrons. The lowest BCUT2D eigenvalue weighted by Crippen LogP contribution is -2.12. The van der Waals surface area contributed by atoms with Crippen LogP contribution in [0.4, 0.5) is 11.4 Å². The molecule has 0 aliphatic carbocycles. The minimum atomic E-state index is 0.0870. The van der Waals surface area contributed by atoms with Gasteiger partial charge in [0.25, 0.3) is 0 Å². The molecule has 0 spiro atoms. The van der Waals surface area contributed by atoms with E-state index in [2.05, 4.69) is 12.2 Å². The molecule has 1 aromatic carbocycles. The van der Waals surface area contributed by atoms with Gasteiger partial charge in [0.05, 0.1) is 0 Å². The fourth-order valence-electron chi connectivity index (χ4n) is 1.72. The highest BCUT2D eigenvalue weighted by Crippen LogP contribution is 2.18. The molecule has 106 valence electrons. The molecule has 1 amide bonds. The average molecular weight is 280 g/mol. The summed E-state index contributed by atoms with van der Waals surface area (Å²) < 4.78 is 0. The van der Waals surface area contributed by atoms with E-state index >= 15 is 0 Å². The molecule has 3 nitrogen and oxygen atoms in total. The number of nitrogens with two attached hydrogens (primary N) is 1. The third-order valence-corrected chi connectivity index (χ3v) is 4.01. The van der Waals surface area contributed by atoms with Gasteiger partial charge >= 0.3 is 0 Å². The Kier molecular flexibility index (Phi) is 7.41. The molecule has 0 unspecified atom stereocenters. The Bertz CT molecular complexity index is 407. The van der Waals surface area contributed by atoms with Crippen LogP contribution >= 0.6 is 11.8 Å². The van der Waals surface area contributed by atoms with Gasteiger partial charge in [-0.1, -0.05) is 13.3 Å². The van der Waals surface area contributed by atoms with Crippen molar-refractivity contribution in [3.63, 3.8) is 0 Å². The zero-order chi connectivity index (χ0) is 14.1. The second-order valence-corrected chi connectivity index (χ2v) is 5.92. The number of carbonyl (C=O) groups excluding carboxylic acids is 1. The zero-order valence-corrected chi connectivity index (χ0v) is 12.7. The van der Waals surface area contributed by atoms with Gasteiger partial charge in [0.2, 0.25) is 5.91 Å². The highest BCUT2D eigenvalue weighted by atomic mass is 32.2. The van der Waals surface area contributed by atoms with Gasteiger partial charge in [-0.2, -0.15) is 11.8 Å². The Labute approximate surface area is 120 Å². The average Bonchev–Trinajstić information content (AvgIpc) is 2.37. The van der Waals surface area contributed by atoms with Gasteiger partial charge in [-0.05, 0) is 55.0 Å². The second-order valence-electron chi connectivity index (χ2n) is 4.69. The van der Waals surface area contributed by atoms with E-state index in [1.54, 1.807) is 0 Å². The molecule has 19 heavy (non-hydrogen) atoms. The number of unbranched alkanes of at least 4 members (excludes halogenated alkanes) is 1. The third kappa shape index (κ3) is 6.53. The van der Waals surface area contributed by atoms with E-state index in [4.69, 9.17) is 5.73 Å².